The van der Waals surface area contributed by atoms with E-state index in [2.05, 4.69) is 22.4 Å². The first-order chi connectivity index (χ1) is 14.6. The summed E-state index contributed by atoms with van der Waals surface area (Å²) in [6.45, 7) is 4.77. The van der Waals surface area contributed by atoms with E-state index in [1.165, 1.54) is 0 Å². The fraction of sp³-hybridized carbons (Fsp3) is 0.250. The van der Waals surface area contributed by atoms with Gasteiger partial charge in [-0.3, -0.25) is 4.79 Å². The number of aromatic nitrogens is 2. The Morgan fingerprint density at radius 1 is 1.10 bits per heavy atom. The lowest BCUT2D eigenvalue weighted by Crippen LogP contribution is -2.34. The minimum atomic E-state index is -0.517. The van der Waals surface area contributed by atoms with Gasteiger partial charge in [0.25, 0.3) is 0 Å². The van der Waals surface area contributed by atoms with Crippen LogP contribution in [0.2, 0.25) is 0 Å². The highest BCUT2D eigenvalue weighted by atomic mass is 16.3. The Bertz CT molecular complexity index is 1180. The number of fused-ring (bicyclic) bond motifs is 2. The van der Waals surface area contributed by atoms with Crippen molar-refractivity contribution in [1.29, 1.82) is 0 Å². The van der Waals surface area contributed by atoms with E-state index in [1.807, 2.05) is 71.0 Å². The van der Waals surface area contributed by atoms with Crippen LogP contribution < -0.4 is 10.2 Å². The molecule has 3 aromatic carbocycles. The molecule has 0 unspecified atom stereocenters. The van der Waals surface area contributed by atoms with Gasteiger partial charge in [0, 0.05) is 18.5 Å². The fourth-order valence-electron chi connectivity index (χ4n) is 3.75. The summed E-state index contributed by atoms with van der Waals surface area (Å²) in [5, 5.41) is 15.0. The van der Waals surface area contributed by atoms with Gasteiger partial charge in [0.05, 0.1) is 22.8 Å². The number of carbonyl (C=O) groups excluding carboxylic acids is 1. The van der Waals surface area contributed by atoms with Gasteiger partial charge in [0.2, 0.25) is 11.9 Å². The number of aliphatic hydroxyl groups excluding tert-OH is 1. The monoisotopic (exact) mass is 402 g/mol. The summed E-state index contributed by atoms with van der Waals surface area (Å²) in [6.07, 6.45) is -0.517. The summed E-state index contributed by atoms with van der Waals surface area (Å²) in [5.41, 5.74) is 2.60. The van der Waals surface area contributed by atoms with Crippen LogP contribution in [0.1, 0.15) is 13.8 Å². The zero-order chi connectivity index (χ0) is 21.1. The summed E-state index contributed by atoms with van der Waals surface area (Å²) in [4.78, 5) is 19.9. The lowest BCUT2D eigenvalue weighted by molar-refractivity contribution is -0.119. The van der Waals surface area contributed by atoms with Crippen LogP contribution in [-0.2, 0) is 11.3 Å². The van der Waals surface area contributed by atoms with Gasteiger partial charge in [0.15, 0.2) is 0 Å². The van der Waals surface area contributed by atoms with E-state index in [0.717, 1.165) is 27.5 Å². The quantitative estimate of drug-likeness (QED) is 0.490. The van der Waals surface area contributed by atoms with Gasteiger partial charge in [-0.1, -0.05) is 48.5 Å². The smallest absolute Gasteiger partial charge is 0.247 e. The van der Waals surface area contributed by atoms with Gasteiger partial charge in [-0.15, -0.1) is 0 Å². The van der Waals surface area contributed by atoms with Crippen molar-refractivity contribution in [2.24, 2.45) is 0 Å². The molecule has 30 heavy (non-hydrogen) atoms. The summed E-state index contributed by atoms with van der Waals surface area (Å²) >= 11 is 0. The molecule has 4 rings (SSSR count). The molecule has 0 radical (unpaired) electrons. The van der Waals surface area contributed by atoms with Gasteiger partial charge >= 0.3 is 0 Å². The second-order valence-corrected chi connectivity index (χ2v) is 7.38. The van der Waals surface area contributed by atoms with Crippen molar-refractivity contribution in [3.63, 3.8) is 0 Å². The zero-order valence-electron chi connectivity index (χ0n) is 17.2. The van der Waals surface area contributed by atoms with Crippen LogP contribution in [0.3, 0.4) is 0 Å². The summed E-state index contributed by atoms with van der Waals surface area (Å²) in [5.74, 6) is 0.566. The van der Waals surface area contributed by atoms with Gasteiger partial charge in [-0.05, 0) is 37.4 Å². The van der Waals surface area contributed by atoms with Gasteiger partial charge in [-0.25, -0.2) is 4.98 Å². The molecular weight excluding hydrogens is 376 g/mol. The molecule has 0 aliphatic carbocycles. The maximum absolute atomic E-state index is 13.4. The number of imidazole rings is 1. The van der Waals surface area contributed by atoms with E-state index in [4.69, 9.17) is 0 Å². The average Bonchev–Trinajstić information content (AvgIpc) is 3.10. The fourth-order valence-corrected chi connectivity index (χ4v) is 3.75. The molecule has 6 nitrogen and oxygen atoms in total. The molecule has 6 heteroatoms. The van der Waals surface area contributed by atoms with Crippen molar-refractivity contribution in [2.45, 2.75) is 26.5 Å². The number of rotatable bonds is 7. The van der Waals surface area contributed by atoms with E-state index < -0.39 is 6.10 Å². The van der Waals surface area contributed by atoms with Crippen LogP contribution in [-0.4, -0.2) is 39.8 Å². The topological polar surface area (TPSA) is 70.4 Å². The van der Waals surface area contributed by atoms with Crippen LogP contribution in [0.5, 0.6) is 0 Å². The first-order valence-corrected chi connectivity index (χ1v) is 10.2. The zero-order valence-corrected chi connectivity index (χ0v) is 17.2. The molecule has 1 aromatic heterocycles. The lowest BCUT2D eigenvalue weighted by atomic mass is 10.1. The third-order valence-electron chi connectivity index (χ3n) is 5.18. The molecule has 1 amide bonds. The summed E-state index contributed by atoms with van der Waals surface area (Å²) < 4.78 is 1.88. The van der Waals surface area contributed by atoms with Crippen LogP contribution in [0, 0.1) is 0 Å². The van der Waals surface area contributed by atoms with Crippen LogP contribution >= 0.6 is 0 Å². The number of aliphatic hydroxyl groups is 1. The van der Waals surface area contributed by atoms with Crippen molar-refractivity contribution < 1.29 is 9.90 Å². The number of likely N-dealkylation sites (N-methyl/N-ethyl adjacent to an activating group) is 1. The number of benzene rings is 3. The molecule has 0 saturated heterocycles. The Hall–Kier alpha value is -3.38. The maximum Gasteiger partial charge on any atom is 0.247 e. The molecule has 0 saturated carbocycles. The van der Waals surface area contributed by atoms with Gasteiger partial charge in [0.1, 0.15) is 6.54 Å². The second kappa shape index (κ2) is 8.55. The Labute approximate surface area is 175 Å². The van der Waals surface area contributed by atoms with E-state index >= 15 is 0 Å². The van der Waals surface area contributed by atoms with Gasteiger partial charge < -0.3 is 19.9 Å². The molecule has 0 aliphatic rings. The van der Waals surface area contributed by atoms with Crippen LogP contribution in [0.15, 0.2) is 66.7 Å². The Morgan fingerprint density at radius 2 is 1.83 bits per heavy atom. The number of hydrogen-bond donors (Lipinski definition) is 2. The highest BCUT2D eigenvalue weighted by Gasteiger charge is 2.20. The minimum absolute atomic E-state index is 0.0166. The predicted molar refractivity (Wildman–Crippen MR) is 122 cm³/mol. The largest absolute Gasteiger partial charge is 0.392 e. The number of para-hydroxylation sites is 2. The summed E-state index contributed by atoms with van der Waals surface area (Å²) in [6, 6.07) is 21.9. The number of nitrogens with zero attached hydrogens (tertiary/aromatic N) is 3. The van der Waals surface area contributed by atoms with Crippen molar-refractivity contribution in [3.8, 4) is 0 Å². The van der Waals surface area contributed by atoms with Crippen LogP contribution in [0.25, 0.3) is 21.8 Å². The Kier molecular flexibility index (Phi) is 5.68. The normalized spacial score (nSPS) is 12.2. The van der Waals surface area contributed by atoms with E-state index in [0.29, 0.717) is 19.0 Å². The maximum atomic E-state index is 13.4. The summed E-state index contributed by atoms with van der Waals surface area (Å²) in [7, 11) is 0. The number of nitrogens with one attached hydrogen (secondary N) is 1. The van der Waals surface area contributed by atoms with E-state index in [1.54, 1.807) is 6.92 Å². The number of amides is 1. The molecular formula is C24H26N4O2. The number of hydrogen-bond acceptors (Lipinski definition) is 4. The molecule has 0 fully saturated rings. The van der Waals surface area contributed by atoms with Crippen LogP contribution in [0.4, 0.5) is 11.6 Å². The molecule has 1 atom stereocenters. The number of anilines is 2. The lowest BCUT2D eigenvalue weighted by Gasteiger charge is -2.24. The van der Waals surface area contributed by atoms with Crippen molar-refractivity contribution in [1.82, 2.24) is 9.55 Å². The Balaban J connectivity index is 1.70. The first kappa shape index (κ1) is 19.9. The third kappa shape index (κ3) is 3.86. The second-order valence-electron chi connectivity index (χ2n) is 7.38. The van der Waals surface area contributed by atoms with Crippen molar-refractivity contribution in [3.05, 3.63) is 66.7 Å². The third-order valence-corrected chi connectivity index (χ3v) is 5.18. The van der Waals surface area contributed by atoms with E-state index in [9.17, 15) is 9.90 Å². The molecule has 0 spiro atoms. The predicted octanol–water partition coefficient (Wildman–Crippen LogP) is 4.04. The van der Waals surface area contributed by atoms with E-state index in [-0.39, 0.29) is 12.5 Å². The molecule has 1 heterocycles. The van der Waals surface area contributed by atoms with Gasteiger partial charge in [-0.2, -0.15) is 0 Å². The molecule has 2 N–H and O–H groups in total. The average molecular weight is 402 g/mol. The number of carbonyl (C=O) groups is 1. The first-order valence-electron chi connectivity index (χ1n) is 10.2. The highest BCUT2D eigenvalue weighted by Crippen LogP contribution is 2.28. The minimum Gasteiger partial charge on any atom is -0.392 e. The Morgan fingerprint density at radius 3 is 2.63 bits per heavy atom. The molecule has 0 aliphatic heterocycles. The van der Waals surface area contributed by atoms with Crippen molar-refractivity contribution >= 4 is 39.3 Å². The molecule has 0 bridgehead atoms. The van der Waals surface area contributed by atoms with Crippen molar-refractivity contribution in [2.75, 3.05) is 23.3 Å². The molecule has 154 valence electrons. The molecule has 4 aromatic rings. The standard InChI is InChI=1S/C24H26N4O2/c1-3-27(21-14-8-10-18-9-4-5-11-19(18)21)23(30)16-28-22-13-7-6-12-20(22)26-24(28)25-15-17(2)29/h4-14,17,29H,3,15-16H2,1-2H3,(H,25,26)/t17-/m1/s1. The highest BCUT2D eigenvalue weighted by molar-refractivity contribution is 6.04. The SMILES string of the molecule is CCN(C(=O)Cn1c(NC[C@@H](C)O)nc2ccccc21)c1cccc2ccccc12.